The molecule has 0 saturated carbocycles. The molecule has 64 valence electrons. The summed E-state index contributed by atoms with van der Waals surface area (Å²) in [7, 11) is 0. The molecule has 0 aliphatic rings. The zero-order valence-corrected chi connectivity index (χ0v) is 6.77. The number of hydrogen-bond acceptors (Lipinski definition) is 2. The molecular weight excluding hydrogens is 166 g/mol. The summed E-state index contributed by atoms with van der Waals surface area (Å²) in [4.78, 5) is 10.2. The maximum absolute atomic E-state index is 10.2. The molecule has 13 heavy (non-hydrogen) atoms. The standard InChI is InChI=1S/C10H7NO2/c11-7-9-3-1-2-8(6-9)4-5-10(12)13/h1-6H,(H,12,13)/b5-4-. The molecule has 0 aromatic heterocycles. The van der Waals surface area contributed by atoms with Crippen molar-refractivity contribution in [2.24, 2.45) is 0 Å². The highest BCUT2D eigenvalue weighted by atomic mass is 16.4. The Morgan fingerprint density at radius 1 is 1.54 bits per heavy atom. The van der Waals surface area contributed by atoms with Gasteiger partial charge in [-0.15, -0.1) is 0 Å². The Morgan fingerprint density at radius 2 is 2.31 bits per heavy atom. The molecule has 0 saturated heterocycles. The summed E-state index contributed by atoms with van der Waals surface area (Å²) in [5.41, 5.74) is 1.23. The first kappa shape index (κ1) is 9.01. The molecule has 3 heteroatoms. The smallest absolute Gasteiger partial charge is 0.328 e. The first-order chi connectivity index (χ1) is 6.22. The zero-order valence-electron chi connectivity index (χ0n) is 6.77. The molecule has 0 heterocycles. The van der Waals surface area contributed by atoms with Crippen molar-refractivity contribution < 1.29 is 9.90 Å². The molecule has 0 spiro atoms. The van der Waals surface area contributed by atoms with Crippen molar-refractivity contribution in [1.82, 2.24) is 0 Å². The van der Waals surface area contributed by atoms with E-state index in [1.807, 2.05) is 6.07 Å². The number of nitrogens with zero attached hydrogens (tertiary/aromatic N) is 1. The van der Waals surface area contributed by atoms with Gasteiger partial charge in [-0.1, -0.05) is 12.1 Å². The summed E-state index contributed by atoms with van der Waals surface area (Å²) < 4.78 is 0. The van der Waals surface area contributed by atoms with E-state index in [1.54, 1.807) is 24.3 Å². The average Bonchev–Trinajstić information content (AvgIpc) is 2.15. The van der Waals surface area contributed by atoms with Crippen LogP contribution in [0.3, 0.4) is 0 Å². The lowest BCUT2D eigenvalue weighted by Crippen LogP contribution is -1.85. The lowest BCUT2D eigenvalue weighted by Gasteiger charge is -1.91. The van der Waals surface area contributed by atoms with Crippen LogP contribution in [0.4, 0.5) is 0 Å². The number of rotatable bonds is 2. The van der Waals surface area contributed by atoms with Crippen LogP contribution in [0.5, 0.6) is 0 Å². The molecule has 0 fully saturated rings. The van der Waals surface area contributed by atoms with Gasteiger partial charge >= 0.3 is 5.97 Å². The average molecular weight is 173 g/mol. The third-order valence-corrected chi connectivity index (χ3v) is 1.43. The van der Waals surface area contributed by atoms with Gasteiger partial charge in [0, 0.05) is 6.08 Å². The van der Waals surface area contributed by atoms with E-state index in [2.05, 4.69) is 0 Å². The van der Waals surface area contributed by atoms with Crippen LogP contribution in [0.15, 0.2) is 30.3 Å². The van der Waals surface area contributed by atoms with E-state index in [-0.39, 0.29) is 0 Å². The van der Waals surface area contributed by atoms with Gasteiger partial charge in [0.2, 0.25) is 0 Å². The van der Waals surface area contributed by atoms with E-state index in [0.717, 1.165) is 6.08 Å². The molecule has 1 aromatic carbocycles. The number of aliphatic carboxylic acids is 1. The van der Waals surface area contributed by atoms with Gasteiger partial charge in [-0.25, -0.2) is 4.79 Å². The van der Waals surface area contributed by atoms with E-state index < -0.39 is 5.97 Å². The van der Waals surface area contributed by atoms with Gasteiger partial charge in [-0.3, -0.25) is 0 Å². The van der Waals surface area contributed by atoms with Crippen LogP contribution in [0.2, 0.25) is 0 Å². The number of hydrogen-bond donors (Lipinski definition) is 1. The Hall–Kier alpha value is -2.08. The number of carbonyl (C=O) groups is 1. The molecule has 0 atom stereocenters. The van der Waals surface area contributed by atoms with E-state index in [9.17, 15) is 4.79 Å². The van der Waals surface area contributed by atoms with Crippen LogP contribution in [0, 0.1) is 11.3 Å². The second-order valence-electron chi connectivity index (χ2n) is 2.41. The minimum atomic E-state index is -0.998. The third kappa shape index (κ3) is 2.80. The first-order valence-corrected chi connectivity index (χ1v) is 3.63. The van der Waals surface area contributed by atoms with E-state index in [4.69, 9.17) is 10.4 Å². The van der Waals surface area contributed by atoms with Crippen LogP contribution >= 0.6 is 0 Å². The van der Waals surface area contributed by atoms with Crippen LogP contribution in [-0.2, 0) is 4.79 Å². The Balaban J connectivity index is 2.91. The van der Waals surface area contributed by atoms with Crippen molar-refractivity contribution in [2.75, 3.05) is 0 Å². The van der Waals surface area contributed by atoms with Gasteiger partial charge in [-0.2, -0.15) is 5.26 Å². The highest BCUT2D eigenvalue weighted by molar-refractivity contribution is 5.85. The molecular formula is C10H7NO2. The van der Waals surface area contributed by atoms with E-state index in [0.29, 0.717) is 11.1 Å². The van der Waals surface area contributed by atoms with Crippen LogP contribution in [0.25, 0.3) is 6.08 Å². The van der Waals surface area contributed by atoms with Crippen molar-refractivity contribution >= 4 is 12.0 Å². The van der Waals surface area contributed by atoms with Crippen molar-refractivity contribution in [3.63, 3.8) is 0 Å². The molecule has 0 bridgehead atoms. The Kier molecular flexibility index (Phi) is 2.82. The van der Waals surface area contributed by atoms with Gasteiger partial charge in [0.1, 0.15) is 0 Å². The lowest BCUT2D eigenvalue weighted by molar-refractivity contribution is -0.131. The van der Waals surface area contributed by atoms with E-state index >= 15 is 0 Å². The lowest BCUT2D eigenvalue weighted by atomic mass is 10.1. The van der Waals surface area contributed by atoms with Crippen LogP contribution < -0.4 is 0 Å². The maximum atomic E-state index is 10.2. The molecule has 1 rings (SSSR count). The van der Waals surface area contributed by atoms with Gasteiger partial charge in [0.15, 0.2) is 0 Å². The fourth-order valence-corrected chi connectivity index (χ4v) is 0.879. The summed E-state index contributed by atoms with van der Waals surface area (Å²) in [6, 6.07) is 8.71. The Labute approximate surface area is 75.5 Å². The molecule has 1 aromatic rings. The van der Waals surface area contributed by atoms with Gasteiger partial charge in [-0.05, 0) is 23.8 Å². The second kappa shape index (κ2) is 4.07. The number of nitriles is 1. The third-order valence-electron chi connectivity index (χ3n) is 1.43. The van der Waals surface area contributed by atoms with Crippen molar-refractivity contribution in [1.29, 1.82) is 5.26 Å². The van der Waals surface area contributed by atoms with Crippen LogP contribution in [-0.4, -0.2) is 11.1 Å². The first-order valence-electron chi connectivity index (χ1n) is 3.63. The maximum Gasteiger partial charge on any atom is 0.328 e. The quantitative estimate of drug-likeness (QED) is 0.692. The largest absolute Gasteiger partial charge is 0.478 e. The van der Waals surface area contributed by atoms with E-state index in [1.165, 1.54) is 6.08 Å². The second-order valence-corrected chi connectivity index (χ2v) is 2.41. The number of carboxylic acid groups (broad SMARTS) is 1. The molecule has 0 unspecified atom stereocenters. The Morgan fingerprint density at radius 3 is 2.92 bits per heavy atom. The predicted molar refractivity (Wildman–Crippen MR) is 47.8 cm³/mol. The molecule has 0 aliphatic carbocycles. The SMILES string of the molecule is N#Cc1cccc(/C=C\C(=O)O)c1. The predicted octanol–water partition coefficient (Wildman–Crippen LogP) is 1.66. The molecule has 1 N–H and O–H groups in total. The van der Waals surface area contributed by atoms with Crippen molar-refractivity contribution in [3.8, 4) is 6.07 Å². The summed E-state index contributed by atoms with van der Waals surface area (Å²) in [5, 5.41) is 16.9. The van der Waals surface area contributed by atoms with Gasteiger partial charge in [0.25, 0.3) is 0 Å². The number of carboxylic acids is 1. The molecule has 0 radical (unpaired) electrons. The summed E-state index contributed by atoms with van der Waals surface area (Å²) >= 11 is 0. The van der Waals surface area contributed by atoms with Crippen LogP contribution in [0.1, 0.15) is 11.1 Å². The highest BCUT2D eigenvalue weighted by Crippen LogP contribution is 2.05. The summed E-state index contributed by atoms with van der Waals surface area (Å²) in [5.74, 6) is -0.998. The monoisotopic (exact) mass is 173 g/mol. The topological polar surface area (TPSA) is 61.1 Å². The van der Waals surface area contributed by atoms with Gasteiger partial charge < -0.3 is 5.11 Å². The molecule has 0 aliphatic heterocycles. The summed E-state index contributed by atoms with van der Waals surface area (Å²) in [6.45, 7) is 0. The molecule has 3 nitrogen and oxygen atoms in total. The minimum absolute atomic E-state index is 0.521. The highest BCUT2D eigenvalue weighted by Gasteiger charge is 1.91. The fraction of sp³-hybridized carbons (Fsp3) is 0. The number of benzene rings is 1. The molecule has 0 amide bonds. The van der Waals surface area contributed by atoms with Crippen molar-refractivity contribution in [2.45, 2.75) is 0 Å². The Bertz CT molecular complexity index is 388. The van der Waals surface area contributed by atoms with Gasteiger partial charge in [0.05, 0.1) is 11.6 Å². The minimum Gasteiger partial charge on any atom is -0.478 e. The normalized spacial score (nSPS) is 9.77. The van der Waals surface area contributed by atoms with Crippen molar-refractivity contribution in [3.05, 3.63) is 41.5 Å². The fourth-order valence-electron chi connectivity index (χ4n) is 0.879. The zero-order chi connectivity index (χ0) is 9.68. The summed E-state index contributed by atoms with van der Waals surface area (Å²) in [6.07, 6.45) is 2.49.